The summed E-state index contributed by atoms with van der Waals surface area (Å²) in [5.41, 5.74) is 0.993. The van der Waals surface area contributed by atoms with E-state index in [9.17, 15) is 13.2 Å². The molecule has 0 spiro atoms. The molecule has 0 aromatic heterocycles. The lowest BCUT2D eigenvalue weighted by Gasteiger charge is -2.16. The van der Waals surface area contributed by atoms with E-state index < -0.39 is 10.1 Å². The van der Waals surface area contributed by atoms with Gasteiger partial charge in [-0.15, -0.1) is 0 Å². The minimum absolute atomic E-state index is 0.0158. The summed E-state index contributed by atoms with van der Waals surface area (Å²) >= 11 is 5.81. The number of hydrogen-bond acceptors (Lipinski definition) is 4. The molecule has 0 bridgehead atoms. The highest BCUT2D eigenvalue weighted by molar-refractivity contribution is 7.85. The molecule has 1 aromatic carbocycles. The second-order valence-corrected chi connectivity index (χ2v) is 7.04. The van der Waals surface area contributed by atoms with Gasteiger partial charge in [-0.3, -0.25) is 8.98 Å². The van der Waals surface area contributed by atoms with Crippen molar-refractivity contribution in [2.45, 2.75) is 13.0 Å². The van der Waals surface area contributed by atoms with Gasteiger partial charge in [0.25, 0.3) is 10.1 Å². The van der Waals surface area contributed by atoms with E-state index in [1.807, 2.05) is 12.1 Å². The zero-order chi connectivity index (χ0) is 14.8. The molecule has 0 N–H and O–H groups in total. The molecule has 1 atom stereocenters. The molecule has 1 amide bonds. The monoisotopic (exact) mass is 317 g/mol. The summed E-state index contributed by atoms with van der Waals surface area (Å²) in [6, 6.07) is 7.30. The van der Waals surface area contributed by atoms with Crippen molar-refractivity contribution >= 4 is 27.6 Å². The van der Waals surface area contributed by atoms with Crippen molar-refractivity contribution in [3.63, 3.8) is 0 Å². The van der Waals surface area contributed by atoms with Gasteiger partial charge in [0.15, 0.2) is 0 Å². The molecule has 1 aromatic rings. The first-order chi connectivity index (χ1) is 9.33. The predicted octanol–water partition coefficient (Wildman–Crippen LogP) is 1.66. The Balaban J connectivity index is 1.91. The SMILES string of the molecule is CS(=O)(=O)OC[C@H]1CC(=O)N(Cc2ccc(Cl)cc2)C1. The molecule has 0 aliphatic carbocycles. The molecular formula is C13H16ClNO4S. The average molecular weight is 318 g/mol. The number of benzene rings is 1. The van der Waals surface area contributed by atoms with Gasteiger partial charge < -0.3 is 4.90 Å². The molecule has 2 rings (SSSR count). The molecular weight excluding hydrogens is 302 g/mol. The molecule has 1 heterocycles. The summed E-state index contributed by atoms with van der Waals surface area (Å²) < 4.78 is 26.6. The van der Waals surface area contributed by atoms with Gasteiger partial charge in [-0.05, 0) is 17.7 Å². The highest BCUT2D eigenvalue weighted by atomic mass is 35.5. The smallest absolute Gasteiger partial charge is 0.264 e. The Kier molecular flexibility index (Phi) is 4.67. The third-order valence-corrected chi connectivity index (χ3v) is 3.92. The van der Waals surface area contributed by atoms with Gasteiger partial charge in [0.05, 0.1) is 12.9 Å². The Bertz CT molecular complexity index is 585. The number of hydrogen-bond donors (Lipinski definition) is 0. The van der Waals surface area contributed by atoms with Gasteiger partial charge in [0.1, 0.15) is 0 Å². The largest absolute Gasteiger partial charge is 0.338 e. The fourth-order valence-corrected chi connectivity index (χ4v) is 2.71. The van der Waals surface area contributed by atoms with Crippen LogP contribution in [0.4, 0.5) is 0 Å². The maximum Gasteiger partial charge on any atom is 0.264 e. The Morgan fingerprint density at radius 2 is 2.00 bits per heavy atom. The Labute approximate surface area is 123 Å². The molecule has 110 valence electrons. The Hall–Kier alpha value is -1.11. The van der Waals surface area contributed by atoms with E-state index in [0.29, 0.717) is 24.5 Å². The van der Waals surface area contributed by atoms with E-state index in [0.717, 1.165) is 11.8 Å². The summed E-state index contributed by atoms with van der Waals surface area (Å²) in [5, 5.41) is 0.654. The number of nitrogens with zero attached hydrogens (tertiary/aromatic N) is 1. The first-order valence-electron chi connectivity index (χ1n) is 6.20. The average Bonchev–Trinajstić information content (AvgIpc) is 2.70. The fourth-order valence-electron chi connectivity index (χ4n) is 2.15. The zero-order valence-corrected chi connectivity index (χ0v) is 12.7. The van der Waals surface area contributed by atoms with Crippen LogP contribution in [-0.2, 0) is 25.6 Å². The highest BCUT2D eigenvalue weighted by Crippen LogP contribution is 2.21. The molecule has 0 radical (unpaired) electrons. The number of amides is 1. The molecule has 7 heteroatoms. The van der Waals surface area contributed by atoms with Crippen LogP contribution >= 0.6 is 11.6 Å². The molecule has 5 nitrogen and oxygen atoms in total. The zero-order valence-electron chi connectivity index (χ0n) is 11.1. The number of carbonyl (C=O) groups excluding carboxylic acids is 1. The minimum Gasteiger partial charge on any atom is -0.338 e. The van der Waals surface area contributed by atoms with Crippen LogP contribution in [-0.4, -0.2) is 38.6 Å². The van der Waals surface area contributed by atoms with E-state index in [-0.39, 0.29) is 18.4 Å². The van der Waals surface area contributed by atoms with Crippen molar-refractivity contribution < 1.29 is 17.4 Å². The maximum atomic E-state index is 11.9. The van der Waals surface area contributed by atoms with Crippen LogP contribution in [0.1, 0.15) is 12.0 Å². The highest BCUT2D eigenvalue weighted by Gasteiger charge is 2.30. The third-order valence-electron chi connectivity index (χ3n) is 3.10. The standard InChI is InChI=1S/C13H16ClNO4S/c1-20(17,18)19-9-11-6-13(16)15(8-11)7-10-2-4-12(14)5-3-10/h2-5,11H,6-9H2,1H3/t11-/m0/s1. The van der Waals surface area contributed by atoms with Crippen molar-refractivity contribution in [2.75, 3.05) is 19.4 Å². The van der Waals surface area contributed by atoms with E-state index in [1.54, 1.807) is 17.0 Å². The summed E-state index contributed by atoms with van der Waals surface area (Å²) in [6.07, 6.45) is 1.33. The van der Waals surface area contributed by atoms with Crippen LogP contribution in [0.25, 0.3) is 0 Å². The number of halogens is 1. The lowest BCUT2D eigenvalue weighted by atomic mass is 10.1. The normalized spacial score (nSPS) is 19.6. The van der Waals surface area contributed by atoms with Crippen LogP contribution in [0, 0.1) is 5.92 Å². The summed E-state index contributed by atoms with van der Waals surface area (Å²) in [7, 11) is -3.45. The summed E-state index contributed by atoms with van der Waals surface area (Å²) in [5.74, 6) is -0.0634. The first kappa shape index (κ1) is 15.3. The van der Waals surface area contributed by atoms with Crippen molar-refractivity contribution in [1.29, 1.82) is 0 Å². The van der Waals surface area contributed by atoms with E-state index in [4.69, 9.17) is 15.8 Å². The topological polar surface area (TPSA) is 63.7 Å². The molecule has 1 aliphatic heterocycles. The molecule has 1 fully saturated rings. The molecule has 1 aliphatic rings. The Morgan fingerprint density at radius 3 is 2.60 bits per heavy atom. The van der Waals surface area contributed by atoms with Crippen LogP contribution in [0.15, 0.2) is 24.3 Å². The van der Waals surface area contributed by atoms with Gasteiger partial charge in [-0.2, -0.15) is 8.42 Å². The summed E-state index contributed by atoms with van der Waals surface area (Å²) in [6.45, 7) is 1.07. The van der Waals surface area contributed by atoms with Crippen LogP contribution < -0.4 is 0 Å². The van der Waals surface area contributed by atoms with Crippen molar-refractivity contribution in [3.8, 4) is 0 Å². The van der Waals surface area contributed by atoms with Gasteiger partial charge in [0, 0.05) is 30.5 Å². The van der Waals surface area contributed by atoms with Gasteiger partial charge in [0.2, 0.25) is 5.91 Å². The third kappa shape index (κ3) is 4.47. The first-order valence-corrected chi connectivity index (χ1v) is 8.39. The summed E-state index contributed by atoms with van der Waals surface area (Å²) in [4.78, 5) is 13.6. The second-order valence-electron chi connectivity index (χ2n) is 4.96. The van der Waals surface area contributed by atoms with Crippen LogP contribution in [0.2, 0.25) is 5.02 Å². The van der Waals surface area contributed by atoms with Gasteiger partial charge in [-0.1, -0.05) is 23.7 Å². The Morgan fingerprint density at radius 1 is 1.35 bits per heavy atom. The van der Waals surface area contributed by atoms with Crippen LogP contribution in [0.5, 0.6) is 0 Å². The van der Waals surface area contributed by atoms with E-state index in [1.165, 1.54) is 0 Å². The quantitative estimate of drug-likeness (QED) is 0.775. The lowest BCUT2D eigenvalue weighted by molar-refractivity contribution is -0.128. The van der Waals surface area contributed by atoms with Gasteiger partial charge >= 0.3 is 0 Å². The van der Waals surface area contributed by atoms with Crippen molar-refractivity contribution in [2.24, 2.45) is 5.92 Å². The van der Waals surface area contributed by atoms with Gasteiger partial charge in [-0.25, -0.2) is 0 Å². The number of likely N-dealkylation sites (tertiary alicyclic amines) is 1. The molecule has 0 saturated carbocycles. The number of carbonyl (C=O) groups is 1. The molecule has 1 saturated heterocycles. The maximum absolute atomic E-state index is 11.9. The predicted molar refractivity (Wildman–Crippen MR) is 75.8 cm³/mol. The lowest BCUT2D eigenvalue weighted by Crippen LogP contribution is -2.25. The molecule has 0 unspecified atom stereocenters. The van der Waals surface area contributed by atoms with E-state index >= 15 is 0 Å². The minimum atomic E-state index is -3.45. The second kappa shape index (κ2) is 6.11. The number of rotatable bonds is 5. The van der Waals surface area contributed by atoms with Crippen molar-refractivity contribution in [3.05, 3.63) is 34.9 Å². The fraction of sp³-hybridized carbons (Fsp3) is 0.462. The van der Waals surface area contributed by atoms with Crippen LogP contribution in [0.3, 0.4) is 0 Å². The molecule has 20 heavy (non-hydrogen) atoms. The van der Waals surface area contributed by atoms with Crippen molar-refractivity contribution in [1.82, 2.24) is 4.90 Å². The van der Waals surface area contributed by atoms with E-state index in [2.05, 4.69) is 0 Å².